The van der Waals surface area contributed by atoms with E-state index in [4.69, 9.17) is 12.2 Å². The zero-order valence-electron chi connectivity index (χ0n) is 14.8. The third-order valence-electron chi connectivity index (χ3n) is 4.37. The van der Waals surface area contributed by atoms with Gasteiger partial charge < -0.3 is 16.0 Å². The SMILES string of the molecule is CC1=C(C(=O)Nc2cc(C)ccc2C)[C@@H](c2ccccc2Br)NC(=S)N1. The molecule has 3 N–H and O–H groups in total. The van der Waals surface area contributed by atoms with E-state index in [1.165, 1.54) is 0 Å². The third kappa shape index (κ3) is 3.81. The summed E-state index contributed by atoms with van der Waals surface area (Å²) in [5.41, 5.74) is 5.26. The van der Waals surface area contributed by atoms with Gasteiger partial charge in [0, 0.05) is 15.9 Å². The minimum atomic E-state index is -0.329. The van der Waals surface area contributed by atoms with Crippen LogP contribution in [0.2, 0.25) is 0 Å². The van der Waals surface area contributed by atoms with Crippen molar-refractivity contribution < 1.29 is 4.79 Å². The lowest BCUT2D eigenvalue weighted by molar-refractivity contribution is -0.113. The summed E-state index contributed by atoms with van der Waals surface area (Å²) in [5.74, 6) is -0.153. The van der Waals surface area contributed by atoms with Crippen LogP contribution in [-0.4, -0.2) is 11.0 Å². The van der Waals surface area contributed by atoms with Crippen LogP contribution in [-0.2, 0) is 4.79 Å². The molecule has 1 aliphatic heterocycles. The number of carbonyl (C=O) groups is 1. The summed E-state index contributed by atoms with van der Waals surface area (Å²) in [7, 11) is 0. The summed E-state index contributed by atoms with van der Waals surface area (Å²) in [6.45, 7) is 5.86. The molecule has 1 amide bonds. The number of allylic oxidation sites excluding steroid dienone is 1. The lowest BCUT2D eigenvalue weighted by Gasteiger charge is -2.31. The van der Waals surface area contributed by atoms with Gasteiger partial charge in [-0.05, 0) is 61.8 Å². The van der Waals surface area contributed by atoms with Crippen LogP contribution in [0.3, 0.4) is 0 Å². The van der Waals surface area contributed by atoms with Gasteiger partial charge in [0.1, 0.15) is 0 Å². The maximum Gasteiger partial charge on any atom is 0.255 e. The molecular weight excluding hydrogens is 410 g/mol. The van der Waals surface area contributed by atoms with Crippen molar-refractivity contribution in [2.75, 3.05) is 5.32 Å². The molecule has 1 heterocycles. The standard InChI is InChI=1S/C20H20BrN3OS/c1-11-8-9-12(2)16(10-11)23-19(25)17-13(3)22-20(26)24-18(17)14-6-4-5-7-15(14)21/h4-10,18H,1-3H3,(H,23,25)(H2,22,24,26)/t18-/m1/s1. The molecule has 2 aromatic carbocycles. The molecule has 6 heteroatoms. The Kier molecular flexibility index (Phi) is 5.44. The smallest absolute Gasteiger partial charge is 0.255 e. The zero-order chi connectivity index (χ0) is 18.8. The van der Waals surface area contributed by atoms with Crippen LogP contribution >= 0.6 is 28.1 Å². The zero-order valence-corrected chi connectivity index (χ0v) is 17.2. The summed E-state index contributed by atoms with van der Waals surface area (Å²) in [4.78, 5) is 13.1. The molecule has 0 radical (unpaired) electrons. The molecule has 0 spiro atoms. The number of carbonyl (C=O) groups excluding carboxylic acids is 1. The maximum atomic E-state index is 13.1. The van der Waals surface area contributed by atoms with Crippen molar-refractivity contribution in [3.8, 4) is 0 Å². The Balaban J connectivity index is 2.00. The number of amides is 1. The second-order valence-corrected chi connectivity index (χ2v) is 7.63. The number of benzene rings is 2. The molecule has 26 heavy (non-hydrogen) atoms. The largest absolute Gasteiger partial charge is 0.351 e. The number of nitrogens with one attached hydrogen (secondary N) is 3. The van der Waals surface area contributed by atoms with Gasteiger partial charge in [-0.15, -0.1) is 0 Å². The van der Waals surface area contributed by atoms with Crippen LogP contribution in [0.25, 0.3) is 0 Å². The van der Waals surface area contributed by atoms with E-state index in [0.717, 1.165) is 32.5 Å². The predicted molar refractivity (Wildman–Crippen MR) is 113 cm³/mol. The fourth-order valence-corrected chi connectivity index (χ4v) is 3.78. The fraction of sp³-hybridized carbons (Fsp3) is 0.200. The first-order valence-electron chi connectivity index (χ1n) is 8.28. The summed E-state index contributed by atoms with van der Waals surface area (Å²) in [6.07, 6.45) is 0. The van der Waals surface area contributed by atoms with Gasteiger partial charge in [-0.3, -0.25) is 4.79 Å². The Labute approximate surface area is 167 Å². The van der Waals surface area contributed by atoms with E-state index >= 15 is 0 Å². The van der Waals surface area contributed by atoms with E-state index in [1.807, 2.05) is 63.2 Å². The molecule has 1 atom stereocenters. The quantitative estimate of drug-likeness (QED) is 0.628. The van der Waals surface area contributed by atoms with Crippen molar-refractivity contribution in [2.45, 2.75) is 26.8 Å². The lowest BCUT2D eigenvalue weighted by Crippen LogP contribution is -2.45. The van der Waals surface area contributed by atoms with E-state index < -0.39 is 0 Å². The molecule has 134 valence electrons. The summed E-state index contributed by atoms with van der Waals surface area (Å²) in [6, 6.07) is 13.5. The van der Waals surface area contributed by atoms with Crippen molar-refractivity contribution in [3.63, 3.8) is 0 Å². The highest BCUT2D eigenvalue weighted by atomic mass is 79.9. The second kappa shape index (κ2) is 7.60. The molecule has 0 aliphatic carbocycles. The van der Waals surface area contributed by atoms with E-state index in [-0.39, 0.29) is 11.9 Å². The van der Waals surface area contributed by atoms with Gasteiger partial charge in [0.25, 0.3) is 5.91 Å². The Morgan fingerprint density at radius 2 is 1.88 bits per heavy atom. The molecular formula is C20H20BrN3OS. The molecule has 2 aromatic rings. The Hall–Kier alpha value is -2.18. The van der Waals surface area contributed by atoms with Crippen LogP contribution in [0.1, 0.15) is 29.7 Å². The number of thiocarbonyl (C=S) groups is 1. The molecule has 0 fully saturated rings. The van der Waals surface area contributed by atoms with E-state index in [1.54, 1.807) is 0 Å². The average Bonchev–Trinajstić information content (AvgIpc) is 2.57. The summed E-state index contributed by atoms with van der Waals surface area (Å²) < 4.78 is 0.923. The number of anilines is 1. The van der Waals surface area contributed by atoms with Crippen LogP contribution in [0.5, 0.6) is 0 Å². The molecule has 3 rings (SSSR count). The van der Waals surface area contributed by atoms with E-state index in [9.17, 15) is 4.79 Å². The highest BCUT2D eigenvalue weighted by Crippen LogP contribution is 2.32. The number of rotatable bonds is 3. The minimum absolute atomic E-state index is 0.153. The number of halogens is 1. The third-order valence-corrected chi connectivity index (χ3v) is 5.31. The first kappa shape index (κ1) is 18.6. The van der Waals surface area contributed by atoms with Crippen LogP contribution in [0, 0.1) is 13.8 Å². The molecule has 0 saturated heterocycles. The fourth-order valence-electron chi connectivity index (χ4n) is 3.00. The van der Waals surface area contributed by atoms with Crippen LogP contribution in [0.15, 0.2) is 58.2 Å². The highest BCUT2D eigenvalue weighted by Gasteiger charge is 2.31. The maximum absolute atomic E-state index is 13.1. The molecule has 4 nitrogen and oxygen atoms in total. The van der Waals surface area contributed by atoms with Crippen molar-refractivity contribution >= 4 is 44.9 Å². The molecule has 0 aromatic heterocycles. The molecule has 0 bridgehead atoms. The van der Waals surface area contributed by atoms with Crippen molar-refractivity contribution in [1.82, 2.24) is 10.6 Å². The predicted octanol–water partition coefficient (Wildman–Crippen LogP) is 4.50. The van der Waals surface area contributed by atoms with E-state index in [0.29, 0.717) is 10.7 Å². The lowest BCUT2D eigenvalue weighted by atomic mass is 9.95. The number of hydrogen-bond donors (Lipinski definition) is 3. The Bertz CT molecular complexity index is 923. The first-order chi connectivity index (χ1) is 12.4. The monoisotopic (exact) mass is 429 g/mol. The van der Waals surface area contributed by atoms with Crippen LogP contribution < -0.4 is 16.0 Å². The second-order valence-electron chi connectivity index (χ2n) is 6.36. The number of aryl methyl sites for hydroxylation is 2. The molecule has 0 saturated carbocycles. The van der Waals surface area contributed by atoms with E-state index in [2.05, 4.69) is 31.9 Å². The molecule has 0 unspecified atom stereocenters. The Morgan fingerprint density at radius 3 is 2.62 bits per heavy atom. The summed E-state index contributed by atoms with van der Waals surface area (Å²) in [5, 5.41) is 9.84. The van der Waals surface area contributed by atoms with Gasteiger partial charge in [-0.25, -0.2) is 0 Å². The van der Waals surface area contributed by atoms with Gasteiger partial charge in [0.05, 0.1) is 11.6 Å². The van der Waals surface area contributed by atoms with Gasteiger partial charge in [0.15, 0.2) is 5.11 Å². The van der Waals surface area contributed by atoms with Gasteiger partial charge in [-0.2, -0.15) is 0 Å². The van der Waals surface area contributed by atoms with Crippen LogP contribution in [0.4, 0.5) is 5.69 Å². The van der Waals surface area contributed by atoms with Crippen molar-refractivity contribution in [1.29, 1.82) is 0 Å². The molecule has 1 aliphatic rings. The van der Waals surface area contributed by atoms with Gasteiger partial charge >= 0.3 is 0 Å². The normalized spacial score (nSPS) is 16.8. The Morgan fingerprint density at radius 1 is 1.15 bits per heavy atom. The highest BCUT2D eigenvalue weighted by molar-refractivity contribution is 9.10. The van der Waals surface area contributed by atoms with Gasteiger partial charge in [0.2, 0.25) is 0 Å². The van der Waals surface area contributed by atoms with Gasteiger partial charge in [-0.1, -0.05) is 46.3 Å². The average molecular weight is 430 g/mol. The topological polar surface area (TPSA) is 53.2 Å². The number of hydrogen-bond acceptors (Lipinski definition) is 2. The summed E-state index contributed by atoms with van der Waals surface area (Å²) >= 11 is 8.89. The van der Waals surface area contributed by atoms with Crippen molar-refractivity contribution in [2.24, 2.45) is 0 Å². The minimum Gasteiger partial charge on any atom is -0.351 e. The first-order valence-corrected chi connectivity index (χ1v) is 9.48. The van der Waals surface area contributed by atoms with Crippen molar-refractivity contribution in [3.05, 3.63) is 74.9 Å².